The molecule has 2 aromatic heterocycles. The van der Waals surface area contributed by atoms with Crippen LogP contribution in [0.25, 0.3) is 9.88 Å². The average molecular weight is 252 g/mol. The molecule has 0 fully saturated rings. The van der Waals surface area contributed by atoms with Crippen molar-refractivity contribution < 1.29 is 0 Å². The summed E-state index contributed by atoms with van der Waals surface area (Å²) in [4.78, 5) is 5.94. The maximum atomic E-state index is 5.80. The Morgan fingerprint density at radius 2 is 2.19 bits per heavy atom. The minimum Gasteiger partial charge on any atom is -0.330 e. The van der Waals surface area contributed by atoms with Gasteiger partial charge in [-0.3, -0.25) is 0 Å². The smallest absolute Gasteiger partial charge is 0.133 e. The van der Waals surface area contributed by atoms with Crippen molar-refractivity contribution in [3.05, 3.63) is 28.6 Å². The second kappa shape index (κ2) is 5.08. The van der Waals surface area contributed by atoms with Gasteiger partial charge in [0, 0.05) is 17.8 Å². The Bertz CT molecular complexity index is 432. The maximum Gasteiger partial charge on any atom is 0.133 e. The molecule has 0 aliphatic rings. The molecule has 0 radical (unpaired) electrons. The molecule has 2 aromatic rings. The van der Waals surface area contributed by atoms with Gasteiger partial charge in [-0.05, 0) is 17.4 Å². The van der Waals surface area contributed by atoms with E-state index < -0.39 is 0 Å². The van der Waals surface area contributed by atoms with Crippen molar-refractivity contribution >= 4 is 22.7 Å². The normalized spacial score (nSPS) is 13.2. The van der Waals surface area contributed by atoms with Gasteiger partial charge in [-0.15, -0.1) is 22.7 Å². The van der Waals surface area contributed by atoms with E-state index in [0.29, 0.717) is 18.4 Å². The van der Waals surface area contributed by atoms with Gasteiger partial charge in [-0.2, -0.15) is 0 Å². The molecule has 0 amide bonds. The van der Waals surface area contributed by atoms with Gasteiger partial charge in [0.1, 0.15) is 5.01 Å². The molecule has 0 bridgehead atoms. The van der Waals surface area contributed by atoms with Crippen molar-refractivity contribution in [1.82, 2.24) is 4.98 Å². The Kier molecular flexibility index (Phi) is 3.74. The second-order valence-corrected chi connectivity index (χ2v) is 5.95. The van der Waals surface area contributed by atoms with Crippen LogP contribution in [0, 0.1) is 5.92 Å². The van der Waals surface area contributed by atoms with Crippen LogP contribution in [0.5, 0.6) is 0 Å². The Morgan fingerprint density at radius 1 is 1.38 bits per heavy atom. The Morgan fingerprint density at radius 3 is 2.75 bits per heavy atom. The number of rotatable bonds is 4. The molecule has 2 heterocycles. The van der Waals surface area contributed by atoms with Crippen molar-refractivity contribution in [2.75, 3.05) is 6.54 Å². The molecule has 2 nitrogen and oxygen atoms in total. The quantitative estimate of drug-likeness (QED) is 0.903. The predicted octanol–water partition coefficient (Wildman–Crippen LogP) is 3.57. The standard InChI is InChI=1S/C12H16N2S2/c1-8(2)9(6-13)10-7-16-12(14-10)11-4-3-5-15-11/h3-5,7-9H,6,13H2,1-2H3. The molecule has 4 heteroatoms. The zero-order valence-corrected chi connectivity index (χ0v) is 11.1. The van der Waals surface area contributed by atoms with Crippen molar-refractivity contribution in [1.29, 1.82) is 0 Å². The first-order chi connectivity index (χ1) is 7.72. The zero-order valence-electron chi connectivity index (χ0n) is 9.51. The summed E-state index contributed by atoms with van der Waals surface area (Å²) in [5.41, 5.74) is 6.95. The predicted molar refractivity (Wildman–Crippen MR) is 72.1 cm³/mol. The first kappa shape index (κ1) is 11.8. The molecule has 0 saturated carbocycles. The molecule has 1 atom stereocenters. The largest absolute Gasteiger partial charge is 0.330 e. The number of thiazole rings is 1. The molecule has 2 rings (SSSR count). The SMILES string of the molecule is CC(C)C(CN)c1csc(-c2cccs2)n1. The highest BCUT2D eigenvalue weighted by molar-refractivity contribution is 7.20. The van der Waals surface area contributed by atoms with Crippen LogP contribution in [0.2, 0.25) is 0 Å². The Labute approximate surface area is 104 Å². The summed E-state index contributed by atoms with van der Waals surface area (Å²) < 4.78 is 0. The lowest BCUT2D eigenvalue weighted by atomic mass is 9.93. The van der Waals surface area contributed by atoms with Crippen molar-refractivity contribution in [2.45, 2.75) is 19.8 Å². The van der Waals surface area contributed by atoms with E-state index in [1.165, 1.54) is 4.88 Å². The number of aromatic nitrogens is 1. The van der Waals surface area contributed by atoms with Crippen LogP contribution in [-0.2, 0) is 0 Å². The molecular formula is C12H16N2S2. The topological polar surface area (TPSA) is 38.9 Å². The van der Waals surface area contributed by atoms with E-state index in [1.54, 1.807) is 22.7 Å². The fourth-order valence-corrected chi connectivity index (χ4v) is 3.40. The molecule has 0 aliphatic heterocycles. The van der Waals surface area contributed by atoms with E-state index in [1.807, 2.05) is 0 Å². The van der Waals surface area contributed by atoms with Gasteiger partial charge in [0.25, 0.3) is 0 Å². The number of hydrogen-bond donors (Lipinski definition) is 1. The van der Waals surface area contributed by atoms with Crippen molar-refractivity contribution in [2.24, 2.45) is 11.7 Å². The van der Waals surface area contributed by atoms with E-state index >= 15 is 0 Å². The van der Waals surface area contributed by atoms with Crippen LogP contribution in [0.3, 0.4) is 0 Å². The van der Waals surface area contributed by atoms with Gasteiger partial charge in [-0.1, -0.05) is 19.9 Å². The molecule has 1 unspecified atom stereocenters. The summed E-state index contributed by atoms with van der Waals surface area (Å²) in [7, 11) is 0. The summed E-state index contributed by atoms with van der Waals surface area (Å²) in [5.74, 6) is 0.924. The van der Waals surface area contributed by atoms with E-state index in [0.717, 1.165) is 10.7 Å². The summed E-state index contributed by atoms with van der Waals surface area (Å²) in [6.45, 7) is 5.06. The van der Waals surface area contributed by atoms with E-state index in [9.17, 15) is 0 Å². The van der Waals surface area contributed by atoms with Gasteiger partial charge < -0.3 is 5.73 Å². The van der Waals surface area contributed by atoms with Gasteiger partial charge in [0.15, 0.2) is 0 Å². The molecule has 86 valence electrons. The van der Waals surface area contributed by atoms with Gasteiger partial charge in [-0.25, -0.2) is 4.98 Å². The number of nitrogens with two attached hydrogens (primary N) is 1. The lowest BCUT2D eigenvalue weighted by molar-refractivity contribution is 0.498. The van der Waals surface area contributed by atoms with Crippen LogP contribution in [0.4, 0.5) is 0 Å². The lowest BCUT2D eigenvalue weighted by Gasteiger charge is -2.15. The van der Waals surface area contributed by atoms with Crippen molar-refractivity contribution in [3.8, 4) is 9.88 Å². The minimum atomic E-state index is 0.380. The van der Waals surface area contributed by atoms with E-state index in [4.69, 9.17) is 10.7 Å². The van der Waals surface area contributed by atoms with Crippen LogP contribution >= 0.6 is 22.7 Å². The first-order valence-corrected chi connectivity index (χ1v) is 7.17. The summed E-state index contributed by atoms with van der Waals surface area (Å²) in [6.07, 6.45) is 0. The fourth-order valence-electron chi connectivity index (χ4n) is 1.70. The average Bonchev–Trinajstić information content (AvgIpc) is 2.86. The summed E-state index contributed by atoms with van der Waals surface area (Å²) >= 11 is 3.45. The lowest BCUT2D eigenvalue weighted by Crippen LogP contribution is -2.18. The van der Waals surface area contributed by atoms with Gasteiger partial charge in [0.2, 0.25) is 0 Å². The highest BCUT2D eigenvalue weighted by Crippen LogP contribution is 2.31. The summed E-state index contributed by atoms with van der Waals surface area (Å²) in [5, 5.41) is 5.34. The highest BCUT2D eigenvalue weighted by atomic mass is 32.1. The van der Waals surface area contributed by atoms with Gasteiger partial charge >= 0.3 is 0 Å². The van der Waals surface area contributed by atoms with Crippen LogP contribution in [0.1, 0.15) is 25.5 Å². The first-order valence-electron chi connectivity index (χ1n) is 5.41. The zero-order chi connectivity index (χ0) is 11.5. The third-order valence-electron chi connectivity index (χ3n) is 2.69. The fraction of sp³-hybridized carbons (Fsp3) is 0.417. The molecule has 0 spiro atoms. The maximum absolute atomic E-state index is 5.80. The van der Waals surface area contributed by atoms with Crippen LogP contribution in [-0.4, -0.2) is 11.5 Å². The minimum absolute atomic E-state index is 0.380. The molecular weight excluding hydrogens is 236 g/mol. The Hall–Kier alpha value is -0.710. The summed E-state index contributed by atoms with van der Waals surface area (Å²) in [6, 6.07) is 4.17. The third kappa shape index (κ3) is 2.34. The van der Waals surface area contributed by atoms with E-state index in [2.05, 4.69) is 36.7 Å². The molecule has 0 aliphatic carbocycles. The number of nitrogens with zero attached hydrogens (tertiary/aromatic N) is 1. The Balaban J connectivity index is 2.25. The van der Waals surface area contributed by atoms with Gasteiger partial charge in [0.05, 0.1) is 10.6 Å². The number of thiophene rings is 1. The second-order valence-electron chi connectivity index (χ2n) is 4.14. The monoisotopic (exact) mass is 252 g/mol. The molecule has 0 saturated heterocycles. The van der Waals surface area contributed by atoms with Crippen LogP contribution in [0.15, 0.2) is 22.9 Å². The van der Waals surface area contributed by atoms with E-state index in [-0.39, 0.29) is 0 Å². The third-order valence-corrected chi connectivity index (χ3v) is 4.59. The molecule has 0 aromatic carbocycles. The van der Waals surface area contributed by atoms with Crippen LogP contribution < -0.4 is 5.73 Å². The number of hydrogen-bond acceptors (Lipinski definition) is 4. The molecule has 16 heavy (non-hydrogen) atoms. The molecule has 2 N–H and O–H groups in total. The highest BCUT2D eigenvalue weighted by Gasteiger charge is 2.17. The van der Waals surface area contributed by atoms with Crippen molar-refractivity contribution in [3.63, 3.8) is 0 Å².